The molecule has 0 saturated carbocycles. The summed E-state index contributed by atoms with van der Waals surface area (Å²) in [5.41, 5.74) is 5.20. The summed E-state index contributed by atoms with van der Waals surface area (Å²) in [4.78, 5) is 11.8. The quantitative estimate of drug-likeness (QED) is 0.361. The van der Waals surface area contributed by atoms with Crippen LogP contribution in [0.15, 0.2) is 61.1 Å². The third-order valence-electron chi connectivity index (χ3n) is 7.41. The smallest absolute Gasteiger partial charge is 0.178 e. The number of aromatic nitrogens is 4. The van der Waals surface area contributed by atoms with Gasteiger partial charge in [0.25, 0.3) is 0 Å². The maximum Gasteiger partial charge on any atom is 0.178 e. The Hall–Kier alpha value is -3.49. The highest BCUT2D eigenvalue weighted by atomic mass is 15.3. The first-order chi connectivity index (χ1) is 17.7. The van der Waals surface area contributed by atoms with E-state index >= 15 is 0 Å². The van der Waals surface area contributed by atoms with Gasteiger partial charge in [0.2, 0.25) is 0 Å². The van der Waals surface area contributed by atoms with E-state index in [2.05, 4.69) is 80.3 Å². The number of pyridine rings is 2. The SMILES string of the molecule is CC1CCCN1c1cccc(Nc2cc(-c3cccc(CNC4CCNCC4)c3)cn3ncnc23)n1. The Balaban J connectivity index is 1.26. The lowest BCUT2D eigenvalue weighted by Gasteiger charge is -2.24. The minimum Gasteiger partial charge on any atom is -0.354 e. The molecule has 8 nitrogen and oxygen atoms in total. The van der Waals surface area contributed by atoms with Crippen molar-refractivity contribution >= 4 is 23.0 Å². The summed E-state index contributed by atoms with van der Waals surface area (Å²) in [5.74, 6) is 1.83. The highest BCUT2D eigenvalue weighted by Crippen LogP contribution is 2.29. The lowest BCUT2D eigenvalue weighted by atomic mass is 10.0. The fourth-order valence-corrected chi connectivity index (χ4v) is 5.39. The van der Waals surface area contributed by atoms with E-state index < -0.39 is 0 Å². The number of nitrogens with zero attached hydrogens (tertiary/aromatic N) is 5. The number of hydrogen-bond acceptors (Lipinski definition) is 7. The fraction of sp³-hybridized carbons (Fsp3) is 0.393. The second-order valence-corrected chi connectivity index (χ2v) is 9.97. The Bertz CT molecular complexity index is 1330. The van der Waals surface area contributed by atoms with Gasteiger partial charge in [-0.05, 0) is 81.1 Å². The number of piperidine rings is 1. The molecule has 2 aliphatic heterocycles. The van der Waals surface area contributed by atoms with Crippen LogP contribution in [0.1, 0.15) is 38.2 Å². The normalized spacial score (nSPS) is 18.7. The predicted octanol–water partition coefficient (Wildman–Crippen LogP) is 4.37. The van der Waals surface area contributed by atoms with Crippen LogP contribution in [0.3, 0.4) is 0 Å². The maximum absolute atomic E-state index is 4.92. The highest BCUT2D eigenvalue weighted by Gasteiger charge is 2.21. The van der Waals surface area contributed by atoms with Crippen LogP contribution in [0.5, 0.6) is 0 Å². The van der Waals surface area contributed by atoms with E-state index in [-0.39, 0.29) is 0 Å². The molecule has 2 fully saturated rings. The van der Waals surface area contributed by atoms with Crippen molar-refractivity contribution in [2.45, 2.75) is 51.2 Å². The molecular weight excluding hydrogens is 448 g/mol. The Labute approximate surface area is 212 Å². The number of hydrogen-bond donors (Lipinski definition) is 3. The maximum atomic E-state index is 4.92. The molecule has 36 heavy (non-hydrogen) atoms. The zero-order valence-corrected chi connectivity index (χ0v) is 20.8. The van der Waals surface area contributed by atoms with E-state index in [9.17, 15) is 0 Å². The first kappa shape index (κ1) is 22.9. The van der Waals surface area contributed by atoms with Gasteiger partial charge in [0.05, 0.1) is 5.69 Å². The molecule has 0 radical (unpaired) electrons. The molecule has 0 bridgehead atoms. The van der Waals surface area contributed by atoms with E-state index in [1.165, 1.54) is 31.2 Å². The molecule has 3 aromatic heterocycles. The molecule has 186 valence electrons. The van der Waals surface area contributed by atoms with E-state index in [1.54, 1.807) is 6.33 Å². The minimum atomic E-state index is 0.524. The molecule has 2 aliphatic rings. The monoisotopic (exact) mass is 482 g/mol. The Kier molecular flexibility index (Phi) is 6.53. The van der Waals surface area contributed by atoms with Crippen LogP contribution in [0.4, 0.5) is 17.3 Å². The molecule has 1 aromatic carbocycles. The van der Waals surface area contributed by atoms with Crippen molar-refractivity contribution in [1.29, 1.82) is 0 Å². The number of fused-ring (bicyclic) bond motifs is 1. The van der Waals surface area contributed by atoms with E-state index in [1.807, 2.05) is 16.8 Å². The van der Waals surface area contributed by atoms with Crippen molar-refractivity contribution in [3.63, 3.8) is 0 Å². The number of nitrogens with one attached hydrogen (secondary N) is 3. The molecule has 5 heterocycles. The zero-order valence-electron chi connectivity index (χ0n) is 20.8. The van der Waals surface area contributed by atoms with Crippen LogP contribution in [0, 0.1) is 0 Å². The average molecular weight is 483 g/mol. The van der Waals surface area contributed by atoms with E-state index in [4.69, 9.17) is 4.98 Å². The topological polar surface area (TPSA) is 82.4 Å². The van der Waals surface area contributed by atoms with Gasteiger partial charge < -0.3 is 20.9 Å². The Morgan fingerprint density at radius 1 is 1.03 bits per heavy atom. The van der Waals surface area contributed by atoms with Crippen LogP contribution >= 0.6 is 0 Å². The molecule has 4 aromatic rings. The standard InChI is InChI=1S/C28H34N8/c1-20-5-4-14-35(20)27-9-3-8-26(34-27)33-25-16-23(18-36-28(25)31-19-32-36)22-7-2-6-21(15-22)17-30-24-10-12-29-13-11-24/h2-3,6-9,15-16,18-20,24,29-30H,4-5,10-14,17H2,1H3,(H,33,34). The first-order valence-electron chi connectivity index (χ1n) is 13.1. The van der Waals surface area contributed by atoms with Crippen molar-refractivity contribution in [2.24, 2.45) is 0 Å². The van der Waals surface area contributed by atoms with Crippen molar-refractivity contribution < 1.29 is 0 Å². The second kappa shape index (κ2) is 10.2. The van der Waals surface area contributed by atoms with Crippen LogP contribution in [0.25, 0.3) is 16.8 Å². The molecule has 2 saturated heterocycles. The molecule has 0 amide bonds. The molecule has 1 atom stereocenters. The van der Waals surface area contributed by atoms with Gasteiger partial charge in [0.15, 0.2) is 5.65 Å². The molecule has 6 rings (SSSR count). The predicted molar refractivity (Wildman–Crippen MR) is 145 cm³/mol. The second-order valence-electron chi connectivity index (χ2n) is 9.97. The highest BCUT2D eigenvalue weighted by molar-refractivity contribution is 5.79. The van der Waals surface area contributed by atoms with Gasteiger partial charge in [-0.25, -0.2) is 14.5 Å². The largest absolute Gasteiger partial charge is 0.354 e. The van der Waals surface area contributed by atoms with Crippen LogP contribution < -0.4 is 20.9 Å². The molecular formula is C28H34N8. The number of rotatable bonds is 7. The van der Waals surface area contributed by atoms with Crippen molar-refractivity contribution in [2.75, 3.05) is 29.9 Å². The fourth-order valence-electron chi connectivity index (χ4n) is 5.39. The number of anilines is 3. The molecule has 1 unspecified atom stereocenters. The van der Waals surface area contributed by atoms with Crippen molar-refractivity contribution in [1.82, 2.24) is 30.2 Å². The van der Waals surface area contributed by atoms with Crippen LogP contribution in [-0.4, -0.2) is 51.3 Å². The van der Waals surface area contributed by atoms with Gasteiger partial charge in [-0.15, -0.1) is 0 Å². The third kappa shape index (κ3) is 4.92. The zero-order chi connectivity index (χ0) is 24.3. The lowest BCUT2D eigenvalue weighted by molar-refractivity contribution is 0.386. The summed E-state index contributed by atoms with van der Waals surface area (Å²) in [6.45, 7) is 6.40. The van der Waals surface area contributed by atoms with E-state index in [0.717, 1.165) is 60.3 Å². The van der Waals surface area contributed by atoms with Gasteiger partial charge in [0, 0.05) is 36.9 Å². The van der Waals surface area contributed by atoms with Crippen LogP contribution in [-0.2, 0) is 6.54 Å². The van der Waals surface area contributed by atoms with Gasteiger partial charge in [-0.1, -0.05) is 24.3 Å². The van der Waals surface area contributed by atoms with Gasteiger partial charge in [-0.2, -0.15) is 5.10 Å². The van der Waals surface area contributed by atoms with Crippen molar-refractivity contribution in [3.05, 3.63) is 66.6 Å². The summed E-state index contributed by atoms with van der Waals surface area (Å²) in [6, 6.07) is 18.2. The van der Waals surface area contributed by atoms with E-state index in [0.29, 0.717) is 12.1 Å². The van der Waals surface area contributed by atoms with Gasteiger partial charge in [0.1, 0.15) is 18.0 Å². The van der Waals surface area contributed by atoms with Crippen molar-refractivity contribution in [3.8, 4) is 11.1 Å². The minimum absolute atomic E-state index is 0.524. The molecule has 0 spiro atoms. The summed E-state index contributed by atoms with van der Waals surface area (Å²) >= 11 is 0. The summed E-state index contributed by atoms with van der Waals surface area (Å²) < 4.78 is 1.84. The number of benzene rings is 1. The van der Waals surface area contributed by atoms with Gasteiger partial charge in [-0.3, -0.25) is 0 Å². The first-order valence-corrected chi connectivity index (χ1v) is 13.1. The Morgan fingerprint density at radius 2 is 1.92 bits per heavy atom. The summed E-state index contributed by atoms with van der Waals surface area (Å²) in [7, 11) is 0. The lowest BCUT2D eigenvalue weighted by Crippen LogP contribution is -2.39. The van der Waals surface area contributed by atoms with Crippen LogP contribution in [0.2, 0.25) is 0 Å². The summed E-state index contributed by atoms with van der Waals surface area (Å²) in [6.07, 6.45) is 8.44. The molecule has 8 heteroatoms. The Morgan fingerprint density at radius 3 is 2.78 bits per heavy atom. The van der Waals surface area contributed by atoms with Gasteiger partial charge >= 0.3 is 0 Å². The average Bonchev–Trinajstić information content (AvgIpc) is 3.57. The molecule has 0 aliphatic carbocycles. The molecule has 3 N–H and O–H groups in total. The third-order valence-corrected chi connectivity index (χ3v) is 7.41. The summed E-state index contributed by atoms with van der Waals surface area (Å²) in [5, 5.41) is 15.1.